The summed E-state index contributed by atoms with van der Waals surface area (Å²) in [5.74, 6) is 1.72. The first-order valence-corrected chi connectivity index (χ1v) is 12.6. The average molecular weight is 476 g/mol. The van der Waals surface area contributed by atoms with Gasteiger partial charge in [0.1, 0.15) is 17.5 Å². The summed E-state index contributed by atoms with van der Waals surface area (Å²) < 4.78 is 15.5. The number of aryl methyl sites for hydroxylation is 1. The van der Waals surface area contributed by atoms with Gasteiger partial charge in [0.05, 0.1) is 5.52 Å². The second kappa shape index (κ2) is 11.8. The van der Waals surface area contributed by atoms with Crippen LogP contribution in [0.1, 0.15) is 52.1 Å². The lowest BCUT2D eigenvalue weighted by Crippen LogP contribution is -2.17. The smallest absolute Gasteiger partial charge is 0.224 e. The molecule has 1 aliphatic rings. The Morgan fingerprint density at radius 3 is 2.31 bits per heavy atom. The summed E-state index contributed by atoms with van der Waals surface area (Å²) in [6, 6.07) is 12.7. The van der Waals surface area contributed by atoms with Gasteiger partial charge in [-0.2, -0.15) is 4.98 Å². The van der Waals surface area contributed by atoms with E-state index in [4.69, 9.17) is 9.97 Å². The van der Waals surface area contributed by atoms with Crippen LogP contribution in [-0.2, 0) is 6.42 Å². The highest BCUT2D eigenvalue weighted by Crippen LogP contribution is 2.28. The van der Waals surface area contributed by atoms with Gasteiger partial charge in [0.25, 0.3) is 0 Å². The third-order valence-electron chi connectivity index (χ3n) is 6.10. The second-order valence-electron chi connectivity index (χ2n) is 8.60. The molecule has 1 saturated carbocycles. The van der Waals surface area contributed by atoms with Gasteiger partial charge in [-0.15, -0.1) is 0 Å². The van der Waals surface area contributed by atoms with Crippen LogP contribution >= 0.6 is 0 Å². The predicted octanol–water partition coefficient (Wildman–Crippen LogP) is 5.55. The third kappa shape index (κ3) is 6.00. The molecular formula is C27H34FN7. The number of fused-ring (bicyclic) bond motifs is 1. The Hall–Kier alpha value is -3.39. The van der Waals surface area contributed by atoms with Crippen LogP contribution < -0.4 is 10.6 Å². The van der Waals surface area contributed by atoms with Crippen LogP contribution in [-0.4, -0.2) is 43.6 Å². The highest BCUT2D eigenvalue weighted by molar-refractivity contribution is 5.80. The van der Waals surface area contributed by atoms with Crippen molar-refractivity contribution in [1.82, 2.24) is 29.8 Å². The molecule has 7 nitrogen and oxygen atoms in total. The quantitative estimate of drug-likeness (QED) is 0.365. The van der Waals surface area contributed by atoms with E-state index in [-0.39, 0.29) is 5.82 Å². The maximum atomic E-state index is 13.5. The lowest BCUT2D eigenvalue weighted by atomic mass is 10.2. The zero-order valence-corrected chi connectivity index (χ0v) is 20.8. The van der Waals surface area contributed by atoms with Crippen molar-refractivity contribution in [2.45, 2.75) is 58.9 Å². The maximum Gasteiger partial charge on any atom is 0.224 e. The minimum atomic E-state index is -0.280. The van der Waals surface area contributed by atoms with Gasteiger partial charge in [0.2, 0.25) is 5.95 Å². The van der Waals surface area contributed by atoms with Crippen molar-refractivity contribution in [1.29, 1.82) is 0 Å². The standard InChI is InChI=1S/C23H23FN6.C4H11N/c1-2-17-11-12-19-21(26-17)29-22(15-7-9-16(24)10-8-15)30(19)20-13-14-25-23(28-20)27-18-5-3-4-6-18;1-3-5-4-2/h7-14,18H,2-6H2,1H3,(H,25,27,28);5H,3-4H2,1-2H3. The number of hydrogen-bond donors (Lipinski definition) is 2. The van der Waals surface area contributed by atoms with Crippen molar-refractivity contribution in [3.63, 3.8) is 0 Å². The predicted molar refractivity (Wildman–Crippen MR) is 139 cm³/mol. The van der Waals surface area contributed by atoms with Crippen LogP contribution in [0.4, 0.5) is 10.3 Å². The highest BCUT2D eigenvalue weighted by Gasteiger charge is 2.19. The number of hydrogen-bond acceptors (Lipinski definition) is 6. The fourth-order valence-electron chi connectivity index (χ4n) is 4.27. The summed E-state index contributed by atoms with van der Waals surface area (Å²) in [6.45, 7) is 8.46. The van der Waals surface area contributed by atoms with E-state index in [0.29, 0.717) is 29.3 Å². The average Bonchev–Trinajstić information content (AvgIpc) is 3.53. The molecule has 0 saturated heterocycles. The molecule has 184 valence electrons. The summed E-state index contributed by atoms with van der Waals surface area (Å²) in [6.07, 6.45) is 7.36. The Kier molecular flexibility index (Phi) is 8.36. The molecule has 0 bridgehead atoms. The normalized spacial score (nSPS) is 13.6. The van der Waals surface area contributed by atoms with E-state index in [1.807, 2.05) is 22.8 Å². The molecule has 0 aliphatic heterocycles. The minimum absolute atomic E-state index is 0.280. The van der Waals surface area contributed by atoms with Gasteiger partial charge >= 0.3 is 0 Å². The number of anilines is 1. The largest absolute Gasteiger partial charge is 0.351 e. The van der Waals surface area contributed by atoms with Gasteiger partial charge < -0.3 is 10.6 Å². The lowest BCUT2D eigenvalue weighted by molar-refractivity contribution is 0.628. The molecule has 35 heavy (non-hydrogen) atoms. The van der Waals surface area contributed by atoms with E-state index < -0.39 is 0 Å². The number of pyridine rings is 1. The van der Waals surface area contributed by atoms with Crippen molar-refractivity contribution in [3.8, 4) is 17.2 Å². The molecule has 0 atom stereocenters. The number of imidazole rings is 1. The van der Waals surface area contributed by atoms with Gasteiger partial charge in [0.15, 0.2) is 5.65 Å². The Bertz CT molecular complexity index is 1230. The molecule has 0 unspecified atom stereocenters. The van der Waals surface area contributed by atoms with E-state index >= 15 is 0 Å². The van der Waals surface area contributed by atoms with Crippen LogP contribution in [0.2, 0.25) is 0 Å². The fourth-order valence-corrected chi connectivity index (χ4v) is 4.27. The fraction of sp³-hybridized carbons (Fsp3) is 0.407. The van der Waals surface area contributed by atoms with Crippen molar-refractivity contribution >= 4 is 17.1 Å². The van der Waals surface area contributed by atoms with Crippen LogP contribution in [0.3, 0.4) is 0 Å². The number of nitrogens with zero attached hydrogens (tertiary/aromatic N) is 5. The maximum absolute atomic E-state index is 13.5. The molecule has 1 fully saturated rings. The first-order valence-electron chi connectivity index (χ1n) is 12.6. The second-order valence-corrected chi connectivity index (χ2v) is 8.60. The molecule has 3 aromatic heterocycles. The minimum Gasteiger partial charge on any atom is -0.351 e. The van der Waals surface area contributed by atoms with Crippen LogP contribution in [0.5, 0.6) is 0 Å². The van der Waals surface area contributed by atoms with Crippen LogP contribution in [0, 0.1) is 5.82 Å². The van der Waals surface area contributed by atoms with Crippen LogP contribution in [0.15, 0.2) is 48.7 Å². The molecule has 8 heteroatoms. The molecule has 5 rings (SSSR count). The SMILES string of the molecule is CCNCC.CCc1ccc2c(n1)nc(-c1ccc(F)cc1)n2-c1ccnc(NC2CCCC2)n1. The van der Waals surface area contributed by atoms with Gasteiger partial charge in [-0.25, -0.2) is 19.3 Å². The number of aromatic nitrogens is 5. The third-order valence-corrected chi connectivity index (χ3v) is 6.10. The topological polar surface area (TPSA) is 80.5 Å². The molecule has 1 aliphatic carbocycles. The van der Waals surface area contributed by atoms with Gasteiger partial charge in [-0.05, 0) is 74.8 Å². The Morgan fingerprint density at radius 2 is 1.66 bits per heavy atom. The monoisotopic (exact) mass is 475 g/mol. The van der Waals surface area contributed by atoms with E-state index in [2.05, 4.69) is 41.4 Å². The number of nitrogens with one attached hydrogen (secondary N) is 2. The molecule has 4 aromatic rings. The Morgan fingerprint density at radius 1 is 0.914 bits per heavy atom. The Labute approximate surface area is 206 Å². The van der Waals surface area contributed by atoms with E-state index in [1.165, 1.54) is 25.0 Å². The van der Waals surface area contributed by atoms with Crippen LogP contribution in [0.25, 0.3) is 28.4 Å². The Balaban J connectivity index is 0.000000527. The number of benzene rings is 1. The van der Waals surface area contributed by atoms with Crippen molar-refractivity contribution in [2.24, 2.45) is 0 Å². The van der Waals surface area contributed by atoms with Crippen molar-refractivity contribution in [2.75, 3.05) is 18.4 Å². The lowest BCUT2D eigenvalue weighted by Gasteiger charge is -2.13. The molecule has 0 spiro atoms. The zero-order chi connectivity index (χ0) is 24.6. The summed E-state index contributed by atoms with van der Waals surface area (Å²) >= 11 is 0. The van der Waals surface area contributed by atoms with Gasteiger partial charge in [-0.1, -0.05) is 33.6 Å². The first kappa shape index (κ1) is 24.7. The molecule has 3 heterocycles. The molecule has 0 amide bonds. The molecule has 1 aromatic carbocycles. The molecule has 2 N–H and O–H groups in total. The summed E-state index contributed by atoms with van der Waals surface area (Å²) in [7, 11) is 0. The zero-order valence-electron chi connectivity index (χ0n) is 20.8. The van der Waals surface area contributed by atoms with E-state index in [1.54, 1.807) is 18.3 Å². The van der Waals surface area contributed by atoms with Crippen molar-refractivity contribution < 1.29 is 4.39 Å². The summed E-state index contributed by atoms with van der Waals surface area (Å²) in [4.78, 5) is 18.7. The van der Waals surface area contributed by atoms with Gasteiger partial charge in [-0.3, -0.25) is 4.57 Å². The first-order chi connectivity index (χ1) is 17.1. The van der Waals surface area contributed by atoms with Gasteiger partial charge in [0, 0.05) is 23.5 Å². The molecular weight excluding hydrogens is 441 g/mol. The molecule has 0 radical (unpaired) electrons. The summed E-state index contributed by atoms with van der Waals surface area (Å²) in [5, 5.41) is 6.57. The highest BCUT2D eigenvalue weighted by atomic mass is 19.1. The van der Waals surface area contributed by atoms with E-state index in [9.17, 15) is 4.39 Å². The van der Waals surface area contributed by atoms with E-state index in [0.717, 1.165) is 49.1 Å². The summed E-state index contributed by atoms with van der Waals surface area (Å²) in [5.41, 5.74) is 3.29. The number of rotatable bonds is 7. The number of halogens is 1. The van der Waals surface area contributed by atoms with Crippen molar-refractivity contribution in [3.05, 3.63) is 60.2 Å².